The van der Waals surface area contributed by atoms with Crippen molar-refractivity contribution < 1.29 is 13.6 Å². The van der Waals surface area contributed by atoms with Crippen molar-refractivity contribution in [2.24, 2.45) is 5.92 Å². The second kappa shape index (κ2) is 10.3. The van der Waals surface area contributed by atoms with Crippen molar-refractivity contribution in [1.82, 2.24) is 25.1 Å². The van der Waals surface area contributed by atoms with Gasteiger partial charge >= 0.3 is 0 Å². The van der Waals surface area contributed by atoms with Gasteiger partial charge in [-0.2, -0.15) is 5.10 Å². The molecule has 1 amide bonds. The van der Waals surface area contributed by atoms with Gasteiger partial charge in [0.15, 0.2) is 5.69 Å². The van der Waals surface area contributed by atoms with Crippen LogP contribution in [0, 0.1) is 5.92 Å². The fourth-order valence-corrected chi connectivity index (χ4v) is 5.35. The molecule has 0 atom stereocenters. The molecule has 2 saturated heterocycles. The highest BCUT2D eigenvalue weighted by Gasteiger charge is 2.38. The topological polar surface area (TPSA) is 90.0 Å². The van der Waals surface area contributed by atoms with E-state index < -0.39 is 5.92 Å². The third kappa shape index (κ3) is 5.61. The van der Waals surface area contributed by atoms with Gasteiger partial charge in [0.05, 0.1) is 23.9 Å². The van der Waals surface area contributed by atoms with Gasteiger partial charge in [0.2, 0.25) is 0 Å². The maximum Gasteiger partial charge on any atom is 0.276 e. The highest BCUT2D eigenvalue weighted by molar-refractivity contribution is 6.11. The van der Waals surface area contributed by atoms with Crippen LogP contribution in [0.3, 0.4) is 0 Å². The zero-order valence-corrected chi connectivity index (χ0v) is 21.8. The van der Waals surface area contributed by atoms with Crippen molar-refractivity contribution in [3.05, 3.63) is 66.2 Å². The number of hydrogen-bond donors (Lipinski definition) is 2. The fraction of sp³-hybridized carbons (Fsp3) is 0.379. The summed E-state index contributed by atoms with van der Waals surface area (Å²) in [5, 5.41) is 10.7. The largest absolute Gasteiger partial charge is 0.350 e. The number of aromatic nitrogens is 4. The molecule has 202 valence electrons. The number of hydrogen-bond acceptors (Lipinski definition) is 6. The number of alkyl halides is 2. The van der Waals surface area contributed by atoms with Crippen LogP contribution in [0.4, 0.5) is 20.3 Å². The predicted octanol–water partition coefficient (Wildman–Crippen LogP) is 5.35. The van der Waals surface area contributed by atoms with Crippen molar-refractivity contribution in [3.8, 4) is 11.1 Å². The summed E-state index contributed by atoms with van der Waals surface area (Å²) in [6.45, 7) is 5.32. The number of amides is 1. The molecule has 2 aliphatic heterocycles. The Bertz CT molecular complexity index is 1480. The molecular weight excluding hydrogens is 500 g/mol. The molecule has 1 aromatic carbocycles. The molecule has 2 N–H and O–H groups in total. The van der Waals surface area contributed by atoms with Crippen molar-refractivity contribution >= 4 is 28.3 Å². The Balaban J connectivity index is 1.17. The molecule has 0 radical (unpaired) electrons. The minimum absolute atomic E-state index is 0.181. The summed E-state index contributed by atoms with van der Waals surface area (Å²) in [6, 6.07) is 11.3. The smallest absolute Gasteiger partial charge is 0.276 e. The maximum absolute atomic E-state index is 13.5. The fourth-order valence-electron chi connectivity index (χ4n) is 5.35. The number of likely N-dealkylation sites (tertiary alicyclic amines) is 1. The van der Waals surface area contributed by atoms with E-state index in [0.29, 0.717) is 16.9 Å². The van der Waals surface area contributed by atoms with Crippen LogP contribution in [0.5, 0.6) is 0 Å². The van der Waals surface area contributed by atoms with Crippen LogP contribution in [-0.4, -0.2) is 63.1 Å². The standard InChI is InChI=1S/C29H31F2N7O/c1-19-6-9-37(10-7-19)17-20-12-22(15-32-14-20)21-2-4-25-24(13-21)27(36-35-25)28(39)34-23-3-5-26(33-16-23)38-11-8-29(30,31)18-38/h2-5,12-16,19H,6-11,17-18H2,1H3,(H,34,39)(H,35,36). The molecule has 3 aromatic heterocycles. The van der Waals surface area contributed by atoms with Crippen molar-refractivity contribution in [3.63, 3.8) is 0 Å². The number of nitrogens with one attached hydrogen (secondary N) is 2. The Kier molecular flexibility index (Phi) is 6.72. The van der Waals surface area contributed by atoms with Crippen molar-refractivity contribution in [2.45, 2.75) is 38.7 Å². The number of benzene rings is 1. The first-order valence-electron chi connectivity index (χ1n) is 13.4. The number of carbonyl (C=O) groups is 1. The second-order valence-electron chi connectivity index (χ2n) is 10.8. The van der Waals surface area contributed by atoms with Crippen LogP contribution in [0.1, 0.15) is 42.2 Å². The highest BCUT2D eigenvalue weighted by Crippen LogP contribution is 2.30. The number of piperidine rings is 1. The third-order valence-electron chi connectivity index (χ3n) is 7.69. The lowest BCUT2D eigenvalue weighted by molar-refractivity contribution is 0.0256. The predicted molar refractivity (Wildman–Crippen MR) is 147 cm³/mol. The van der Waals surface area contributed by atoms with E-state index in [9.17, 15) is 13.6 Å². The van der Waals surface area contributed by atoms with Gasteiger partial charge in [-0.15, -0.1) is 0 Å². The maximum atomic E-state index is 13.5. The summed E-state index contributed by atoms with van der Waals surface area (Å²) in [5.74, 6) is -1.82. The first kappa shape index (κ1) is 25.4. The number of carbonyl (C=O) groups excluding carboxylic acids is 1. The van der Waals surface area contributed by atoms with Gasteiger partial charge in [-0.05, 0) is 73.3 Å². The number of anilines is 2. The molecule has 8 nitrogen and oxygen atoms in total. The lowest BCUT2D eigenvalue weighted by Crippen LogP contribution is -2.32. The van der Waals surface area contributed by atoms with Gasteiger partial charge in [-0.1, -0.05) is 13.0 Å². The molecule has 0 bridgehead atoms. The molecule has 39 heavy (non-hydrogen) atoms. The van der Waals surface area contributed by atoms with E-state index in [1.807, 2.05) is 30.6 Å². The van der Waals surface area contributed by atoms with Gasteiger partial charge in [-0.3, -0.25) is 19.8 Å². The van der Waals surface area contributed by atoms with Crippen LogP contribution < -0.4 is 10.2 Å². The number of pyridine rings is 2. The summed E-state index contributed by atoms with van der Waals surface area (Å²) in [7, 11) is 0. The monoisotopic (exact) mass is 531 g/mol. The molecule has 0 spiro atoms. The number of nitrogens with zero attached hydrogens (tertiary/aromatic N) is 5. The summed E-state index contributed by atoms with van der Waals surface area (Å²) in [5.41, 5.74) is 4.58. The van der Waals surface area contributed by atoms with Crippen LogP contribution in [0.15, 0.2) is 55.0 Å². The van der Waals surface area contributed by atoms with Crippen LogP contribution in [0.25, 0.3) is 22.0 Å². The molecule has 0 aliphatic carbocycles. The van der Waals surface area contributed by atoms with Crippen LogP contribution in [0.2, 0.25) is 0 Å². The Morgan fingerprint density at radius 1 is 1.08 bits per heavy atom. The van der Waals surface area contributed by atoms with E-state index >= 15 is 0 Å². The lowest BCUT2D eigenvalue weighted by Gasteiger charge is -2.30. The number of fused-ring (bicyclic) bond motifs is 1. The van der Waals surface area contributed by atoms with Gasteiger partial charge in [0.1, 0.15) is 5.82 Å². The number of aromatic amines is 1. The average molecular weight is 532 g/mol. The zero-order chi connectivity index (χ0) is 27.0. The Morgan fingerprint density at radius 3 is 2.67 bits per heavy atom. The summed E-state index contributed by atoms with van der Waals surface area (Å²) < 4.78 is 27.1. The SMILES string of the molecule is CC1CCN(Cc2cncc(-c3ccc4[nH]nc(C(=O)Nc5ccc(N6CCC(F)(F)C6)nc5)c4c3)c2)CC1. The van der Waals surface area contributed by atoms with E-state index in [1.54, 1.807) is 17.0 Å². The quantitative estimate of drug-likeness (QED) is 0.349. The number of halogens is 2. The summed E-state index contributed by atoms with van der Waals surface area (Å²) in [4.78, 5) is 25.9. The Hall–Kier alpha value is -3.92. The first-order chi connectivity index (χ1) is 18.8. The van der Waals surface area contributed by atoms with Gasteiger partial charge in [0.25, 0.3) is 11.8 Å². The van der Waals surface area contributed by atoms with E-state index in [1.165, 1.54) is 24.6 Å². The van der Waals surface area contributed by atoms with E-state index in [-0.39, 0.29) is 31.1 Å². The Morgan fingerprint density at radius 2 is 1.92 bits per heavy atom. The molecule has 2 aliphatic rings. The molecule has 0 unspecified atom stereocenters. The molecular formula is C29H31F2N7O. The molecule has 5 heterocycles. The van der Waals surface area contributed by atoms with Gasteiger partial charge < -0.3 is 10.2 Å². The summed E-state index contributed by atoms with van der Waals surface area (Å²) in [6.07, 6.45) is 7.51. The lowest BCUT2D eigenvalue weighted by atomic mass is 9.98. The molecule has 0 saturated carbocycles. The Labute approximate surface area is 225 Å². The molecule has 6 rings (SSSR count). The number of rotatable bonds is 6. The zero-order valence-electron chi connectivity index (χ0n) is 21.8. The van der Waals surface area contributed by atoms with E-state index in [2.05, 4.69) is 43.4 Å². The molecule has 4 aromatic rings. The van der Waals surface area contributed by atoms with Crippen LogP contribution in [-0.2, 0) is 6.54 Å². The summed E-state index contributed by atoms with van der Waals surface area (Å²) >= 11 is 0. The van der Waals surface area contributed by atoms with E-state index in [4.69, 9.17) is 0 Å². The minimum atomic E-state index is -2.70. The van der Waals surface area contributed by atoms with Crippen LogP contribution >= 0.6 is 0 Å². The van der Waals surface area contributed by atoms with Crippen molar-refractivity contribution in [2.75, 3.05) is 36.4 Å². The average Bonchev–Trinajstić information content (AvgIpc) is 3.53. The number of H-pyrrole nitrogens is 1. The van der Waals surface area contributed by atoms with E-state index in [0.717, 1.165) is 42.2 Å². The van der Waals surface area contributed by atoms with Crippen molar-refractivity contribution in [1.29, 1.82) is 0 Å². The minimum Gasteiger partial charge on any atom is -0.350 e. The normalized spacial score (nSPS) is 18.1. The first-order valence-corrected chi connectivity index (χ1v) is 13.4. The highest BCUT2D eigenvalue weighted by atomic mass is 19.3. The van der Waals surface area contributed by atoms with Gasteiger partial charge in [-0.25, -0.2) is 13.8 Å². The second-order valence-corrected chi connectivity index (χ2v) is 10.8. The third-order valence-corrected chi connectivity index (χ3v) is 7.69. The van der Waals surface area contributed by atoms with Gasteiger partial charge in [0, 0.05) is 42.9 Å². The molecule has 10 heteroatoms. The molecule has 2 fully saturated rings.